The lowest BCUT2D eigenvalue weighted by Gasteiger charge is -2.08. The number of imidazole rings is 1. The van der Waals surface area contributed by atoms with Crippen molar-refractivity contribution in [1.82, 2.24) is 14.5 Å². The van der Waals surface area contributed by atoms with E-state index < -0.39 is 0 Å². The lowest BCUT2D eigenvalue weighted by molar-refractivity contribution is 1.11. The number of benzene rings is 2. The molecule has 4 aromatic rings. The van der Waals surface area contributed by atoms with Gasteiger partial charge < -0.3 is 5.73 Å². The standard InChI is InChI=1S/C16H11BrN4/c17-10-5-7-11(8-6-10)21-15-12-3-1-2-4-13(12)19-9-14(15)20-16(21)18/h1-9H,(H2,18,20). The molecule has 4 nitrogen and oxygen atoms in total. The van der Waals surface area contributed by atoms with E-state index in [2.05, 4.69) is 25.9 Å². The van der Waals surface area contributed by atoms with Crippen LogP contribution in [0.3, 0.4) is 0 Å². The minimum Gasteiger partial charge on any atom is -0.369 e. The van der Waals surface area contributed by atoms with Crippen LogP contribution in [0.4, 0.5) is 5.95 Å². The lowest BCUT2D eigenvalue weighted by Crippen LogP contribution is -2.00. The van der Waals surface area contributed by atoms with Gasteiger partial charge in [0.1, 0.15) is 5.52 Å². The molecule has 0 aliphatic rings. The van der Waals surface area contributed by atoms with Gasteiger partial charge in [-0.25, -0.2) is 4.98 Å². The summed E-state index contributed by atoms with van der Waals surface area (Å²) in [6.07, 6.45) is 1.77. The highest BCUT2D eigenvalue weighted by Crippen LogP contribution is 2.29. The number of pyridine rings is 1. The summed E-state index contributed by atoms with van der Waals surface area (Å²) in [7, 11) is 0. The van der Waals surface area contributed by atoms with E-state index >= 15 is 0 Å². The van der Waals surface area contributed by atoms with E-state index in [0.717, 1.165) is 32.1 Å². The number of fused-ring (bicyclic) bond motifs is 3. The number of anilines is 1. The van der Waals surface area contributed by atoms with Crippen LogP contribution in [-0.4, -0.2) is 14.5 Å². The van der Waals surface area contributed by atoms with E-state index in [0.29, 0.717) is 5.95 Å². The van der Waals surface area contributed by atoms with Gasteiger partial charge in [-0.3, -0.25) is 9.55 Å². The fraction of sp³-hybridized carbons (Fsp3) is 0. The number of para-hydroxylation sites is 1. The second-order valence-corrected chi connectivity index (χ2v) is 5.71. The van der Waals surface area contributed by atoms with Crippen LogP contribution in [0.25, 0.3) is 27.6 Å². The Morgan fingerprint density at radius 2 is 1.71 bits per heavy atom. The van der Waals surface area contributed by atoms with Crippen molar-refractivity contribution in [2.45, 2.75) is 0 Å². The summed E-state index contributed by atoms with van der Waals surface area (Å²) >= 11 is 3.45. The molecule has 0 spiro atoms. The largest absolute Gasteiger partial charge is 0.369 e. The van der Waals surface area contributed by atoms with E-state index in [1.54, 1.807) is 6.20 Å². The highest BCUT2D eigenvalue weighted by molar-refractivity contribution is 9.10. The monoisotopic (exact) mass is 338 g/mol. The smallest absolute Gasteiger partial charge is 0.206 e. The Morgan fingerprint density at radius 3 is 2.52 bits per heavy atom. The van der Waals surface area contributed by atoms with Crippen LogP contribution in [0, 0.1) is 0 Å². The molecule has 0 bridgehead atoms. The van der Waals surface area contributed by atoms with E-state index in [1.165, 1.54) is 0 Å². The molecule has 0 amide bonds. The predicted molar refractivity (Wildman–Crippen MR) is 88.5 cm³/mol. The van der Waals surface area contributed by atoms with Crippen molar-refractivity contribution < 1.29 is 0 Å². The highest BCUT2D eigenvalue weighted by atomic mass is 79.9. The zero-order chi connectivity index (χ0) is 14.4. The molecule has 2 aromatic carbocycles. The Bertz CT molecular complexity index is 957. The van der Waals surface area contributed by atoms with Gasteiger partial charge in [0.2, 0.25) is 5.95 Å². The van der Waals surface area contributed by atoms with Gasteiger partial charge in [-0.15, -0.1) is 0 Å². The first-order valence-electron chi connectivity index (χ1n) is 6.51. The molecule has 0 saturated heterocycles. The summed E-state index contributed by atoms with van der Waals surface area (Å²) < 4.78 is 2.99. The molecule has 0 atom stereocenters. The first-order chi connectivity index (χ1) is 10.2. The van der Waals surface area contributed by atoms with Crippen molar-refractivity contribution in [3.8, 4) is 5.69 Å². The normalized spacial score (nSPS) is 11.3. The van der Waals surface area contributed by atoms with Gasteiger partial charge in [0.15, 0.2) is 0 Å². The molecule has 2 heterocycles. The van der Waals surface area contributed by atoms with Crippen LogP contribution < -0.4 is 5.73 Å². The SMILES string of the molecule is Nc1nc2cnc3ccccc3c2n1-c1ccc(Br)cc1. The maximum absolute atomic E-state index is 6.13. The van der Waals surface area contributed by atoms with Crippen LogP contribution in [-0.2, 0) is 0 Å². The summed E-state index contributed by atoms with van der Waals surface area (Å²) in [5.41, 5.74) is 9.83. The molecule has 102 valence electrons. The molecule has 0 aliphatic heterocycles. The maximum atomic E-state index is 6.13. The van der Waals surface area contributed by atoms with Crippen molar-refractivity contribution in [3.05, 3.63) is 59.2 Å². The Morgan fingerprint density at radius 1 is 0.952 bits per heavy atom. The van der Waals surface area contributed by atoms with E-state index in [-0.39, 0.29) is 0 Å². The van der Waals surface area contributed by atoms with Gasteiger partial charge >= 0.3 is 0 Å². The number of rotatable bonds is 1. The van der Waals surface area contributed by atoms with Crippen molar-refractivity contribution in [1.29, 1.82) is 0 Å². The molecule has 0 aliphatic carbocycles. The molecule has 21 heavy (non-hydrogen) atoms. The molecule has 0 fully saturated rings. The maximum Gasteiger partial charge on any atom is 0.206 e. The number of hydrogen-bond acceptors (Lipinski definition) is 3. The zero-order valence-corrected chi connectivity index (χ0v) is 12.6. The minimum atomic E-state index is 0.463. The quantitative estimate of drug-likeness (QED) is 0.572. The molecular formula is C16H11BrN4. The Kier molecular flexibility index (Phi) is 2.68. The Balaban J connectivity index is 2.14. The number of halogens is 1. The molecule has 2 aromatic heterocycles. The molecule has 4 rings (SSSR count). The van der Waals surface area contributed by atoms with Crippen LogP contribution in [0.2, 0.25) is 0 Å². The fourth-order valence-corrected chi connectivity index (χ4v) is 2.84. The van der Waals surface area contributed by atoms with Gasteiger partial charge in [-0.1, -0.05) is 34.1 Å². The van der Waals surface area contributed by atoms with Crippen molar-refractivity contribution in [2.75, 3.05) is 5.73 Å². The van der Waals surface area contributed by atoms with Crippen molar-refractivity contribution in [3.63, 3.8) is 0 Å². The zero-order valence-electron chi connectivity index (χ0n) is 11.0. The topological polar surface area (TPSA) is 56.7 Å². The summed E-state index contributed by atoms with van der Waals surface area (Å²) in [5, 5.41) is 1.04. The van der Waals surface area contributed by atoms with Crippen molar-refractivity contribution in [2.24, 2.45) is 0 Å². The summed E-state index contributed by atoms with van der Waals surface area (Å²) in [6.45, 7) is 0. The molecule has 0 radical (unpaired) electrons. The van der Waals surface area contributed by atoms with E-state index in [4.69, 9.17) is 5.73 Å². The number of nitrogens with two attached hydrogens (primary N) is 1. The molecule has 0 saturated carbocycles. The van der Waals surface area contributed by atoms with Gasteiger partial charge in [-0.2, -0.15) is 0 Å². The minimum absolute atomic E-state index is 0.463. The van der Waals surface area contributed by atoms with Gasteiger partial charge in [0.25, 0.3) is 0 Å². The highest BCUT2D eigenvalue weighted by Gasteiger charge is 2.13. The summed E-state index contributed by atoms with van der Waals surface area (Å²) in [5.74, 6) is 0.463. The van der Waals surface area contributed by atoms with Crippen LogP contribution >= 0.6 is 15.9 Å². The third kappa shape index (κ3) is 1.89. The Hall–Kier alpha value is -2.40. The first-order valence-corrected chi connectivity index (χ1v) is 7.31. The predicted octanol–water partition coefficient (Wildman–Crippen LogP) is 3.92. The lowest BCUT2D eigenvalue weighted by atomic mass is 10.2. The third-order valence-electron chi connectivity index (χ3n) is 3.50. The third-order valence-corrected chi connectivity index (χ3v) is 4.03. The molecule has 0 unspecified atom stereocenters. The van der Waals surface area contributed by atoms with Crippen LogP contribution in [0.5, 0.6) is 0 Å². The van der Waals surface area contributed by atoms with Gasteiger partial charge in [0, 0.05) is 15.5 Å². The first kappa shape index (κ1) is 12.3. The average Bonchev–Trinajstić information content (AvgIpc) is 2.85. The van der Waals surface area contributed by atoms with Gasteiger partial charge in [0.05, 0.1) is 17.2 Å². The number of nitrogens with zero attached hydrogens (tertiary/aromatic N) is 3. The van der Waals surface area contributed by atoms with Crippen LogP contribution in [0.1, 0.15) is 0 Å². The average molecular weight is 339 g/mol. The second-order valence-electron chi connectivity index (χ2n) is 4.79. The number of hydrogen-bond donors (Lipinski definition) is 1. The molecule has 2 N–H and O–H groups in total. The second kappa shape index (κ2) is 4.56. The van der Waals surface area contributed by atoms with E-state index in [1.807, 2.05) is 53.1 Å². The fourth-order valence-electron chi connectivity index (χ4n) is 2.57. The number of aromatic nitrogens is 3. The van der Waals surface area contributed by atoms with Crippen molar-refractivity contribution >= 4 is 43.8 Å². The Labute approximate surface area is 129 Å². The summed E-state index contributed by atoms with van der Waals surface area (Å²) in [4.78, 5) is 8.86. The van der Waals surface area contributed by atoms with Gasteiger partial charge in [-0.05, 0) is 30.3 Å². The van der Waals surface area contributed by atoms with E-state index in [9.17, 15) is 0 Å². The summed E-state index contributed by atoms with van der Waals surface area (Å²) in [6, 6.07) is 16.0. The molecule has 5 heteroatoms. The number of nitrogen functional groups attached to an aromatic ring is 1. The molecular weight excluding hydrogens is 328 g/mol. The van der Waals surface area contributed by atoms with Crippen LogP contribution in [0.15, 0.2) is 59.2 Å².